The van der Waals surface area contributed by atoms with Crippen LogP contribution in [0.5, 0.6) is 11.5 Å². The van der Waals surface area contributed by atoms with E-state index in [4.69, 9.17) is 9.47 Å². The van der Waals surface area contributed by atoms with Gasteiger partial charge in [-0.05, 0) is 33.8 Å². The molecule has 132 valence electrons. The van der Waals surface area contributed by atoms with Crippen molar-refractivity contribution in [2.75, 3.05) is 27.3 Å². The molecule has 0 atom stereocenters. The van der Waals surface area contributed by atoms with Gasteiger partial charge in [-0.15, -0.1) is 0 Å². The van der Waals surface area contributed by atoms with E-state index < -0.39 is 10.0 Å². The molecule has 0 spiro atoms. The maximum Gasteiger partial charge on any atom is 0.244 e. The van der Waals surface area contributed by atoms with Gasteiger partial charge < -0.3 is 9.47 Å². The van der Waals surface area contributed by atoms with Crippen molar-refractivity contribution in [3.05, 3.63) is 16.6 Å². The Bertz CT molecular complexity index is 619. The van der Waals surface area contributed by atoms with E-state index in [1.165, 1.54) is 24.6 Å². The lowest BCUT2D eigenvalue weighted by Crippen LogP contribution is -2.37. The summed E-state index contributed by atoms with van der Waals surface area (Å²) in [6.45, 7) is 8.97. The van der Waals surface area contributed by atoms with Crippen LogP contribution in [0.1, 0.15) is 27.7 Å². The smallest absolute Gasteiger partial charge is 0.244 e. The molecule has 0 saturated heterocycles. The van der Waals surface area contributed by atoms with Gasteiger partial charge in [0.25, 0.3) is 0 Å². The van der Waals surface area contributed by atoms with Crippen molar-refractivity contribution in [2.45, 2.75) is 32.6 Å². The minimum absolute atomic E-state index is 0.191. The highest BCUT2D eigenvalue weighted by Crippen LogP contribution is 2.37. The third kappa shape index (κ3) is 5.09. The summed E-state index contributed by atoms with van der Waals surface area (Å²) in [4.78, 5) is 0.191. The summed E-state index contributed by atoms with van der Waals surface area (Å²) >= 11 is 3.35. The zero-order valence-electron chi connectivity index (χ0n) is 14.6. The fraction of sp³-hybridized carbons (Fsp3) is 0.625. The molecule has 0 bridgehead atoms. The first-order valence-corrected chi connectivity index (χ1v) is 9.78. The van der Waals surface area contributed by atoms with Crippen LogP contribution in [-0.2, 0) is 10.0 Å². The molecule has 23 heavy (non-hydrogen) atoms. The van der Waals surface area contributed by atoms with E-state index >= 15 is 0 Å². The molecule has 7 heteroatoms. The number of halogens is 1. The van der Waals surface area contributed by atoms with Crippen molar-refractivity contribution in [1.82, 2.24) is 4.31 Å². The highest BCUT2D eigenvalue weighted by atomic mass is 79.9. The minimum atomic E-state index is -3.63. The lowest BCUT2D eigenvalue weighted by molar-refractivity contribution is 0.332. The number of sulfonamides is 1. The Morgan fingerprint density at radius 2 is 1.43 bits per heavy atom. The summed E-state index contributed by atoms with van der Waals surface area (Å²) in [6, 6.07) is 3.13. The number of ether oxygens (including phenoxy) is 2. The molecule has 1 aromatic rings. The molecule has 0 aliphatic heterocycles. The van der Waals surface area contributed by atoms with Crippen LogP contribution in [0, 0.1) is 11.8 Å². The third-order valence-corrected chi connectivity index (χ3v) is 5.98. The van der Waals surface area contributed by atoms with Gasteiger partial charge in [-0.3, -0.25) is 0 Å². The average Bonchev–Trinajstić information content (AvgIpc) is 2.44. The maximum absolute atomic E-state index is 13.1. The van der Waals surface area contributed by atoms with Crippen molar-refractivity contribution in [3.63, 3.8) is 0 Å². The first kappa shape index (κ1) is 20.3. The van der Waals surface area contributed by atoms with Gasteiger partial charge in [-0.25, -0.2) is 8.42 Å². The third-order valence-electron chi connectivity index (χ3n) is 3.19. The van der Waals surface area contributed by atoms with E-state index in [0.29, 0.717) is 29.1 Å². The van der Waals surface area contributed by atoms with Crippen LogP contribution in [0.15, 0.2) is 21.5 Å². The van der Waals surface area contributed by atoms with E-state index in [9.17, 15) is 8.42 Å². The zero-order chi connectivity index (χ0) is 17.8. The van der Waals surface area contributed by atoms with Crippen LogP contribution < -0.4 is 9.47 Å². The molecule has 0 aromatic heterocycles. The molecule has 5 nitrogen and oxygen atoms in total. The summed E-state index contributed by atoms with van der Waals surface area (Å²) in [7, 11) is -0.624. The van der Waals surface area contributed by atoms with Crippen LogP contribution in [0.3, 0.4) is 0 Å². The largest absolute Gasteiger partial charge is 0.493 e. The van der Waals surface area contributed by atoms with Crippen molar-refractivity contribution >= 4 is 26.0 Å². The van der Waals surface area contributed by atoms with Crippen LogP contribution in [0.4, 0.5) is 0 Å². The molecule has 1 aromatic carbocycles. The second-order valence-electron chi connectivity index (χ2n) is 6.25. The zero-order valence-corrected chi connectivity index (χ0v) is 17.0. The van der Waals surface area contributed by atoms with Crippen molar-refractivity contribution in [3.8, 4) is 11.5 Å². The SMILES string of the molecule is COc1cc(Br)c(S(=O)(=O)N(CC(C)C)CC(C)C)cc1OC. The Hall–Kier alpha value is -0.790. The molecule has 0 radical (unpaired) electrons. The van der Waals surface area contributed by atoms with Gasteiger partial charge in [-0.2, -0.15) is 4.31 Å². The molecule has 1 rings (SSSR count). The van der Waals surface area contributed by atoms with Gasteiger partial charge in [0, 0.05) is 23.6 Å². The lowest BCUT2D eigenvalue weighted by Gasteiger charge is -2.26. The maximum atomic E-state index is 13.1. The molecule has 0 aliphatic rings. The van der Waals surface area contributed by atoms with E-state index in [1.54, 1.807) is 6.07 Å². The fourth-order valence-corrected chi connectivity index (χ4v) is 5.02. The monoisotopic (exact) mass is 407 g/mol. The molecule has 0 fully saturated rings. The van der Waals surface area contributed by atoms with Crippen LogP contribution in [-0.4, -0.2) is 40.0 Å². The summed E-state index contributed by atoms with van der Waals surface area (Å²) in [5.74, 6) is 1.35. The normalized spacial score (nSPS) is 12.3. The Labute approximate surface area is 148 Å². The lowest BCUT2D eigenvalue weighted by atomic mass is 10.2. The van der Waals surface area contributed by atoms with Crippen LogP contribution in [0.2, 0.25) is 0 Å². The number of hydrogen-bond donors (Lipinski definition) is 0. The molecular formula is C16H26BrNO4S. The number of rotatable bonds is 8. The number of methoxy groups -OCH3 is 2. The number of benzene rings is 1. The van der Waals surface area contributed by atoms with Gasteiger partial charge in [0.1, 0.15) is 4.90 Å². The molecule has 0 amide bonds. The summed E-state index contributed by atoms with van der Waals surface area (Å²) in [6.07, 6.45) is 0. The first-order chi connectivity index (χ1) is 10.6. The average molecular weight is 408 g/mol. The Balaban J connectivity index is 3.38. The van der Waals surface area contributed by atoms with E-state index in [-0.39, 0.29) is 16.7 Å². The van der Waals surface area contributed by atoms with Crippen LogP contribution in [0.25, 0.3) is 0 Å². The molecule has 0 saturated carbocycles. The van der Waals surface area contributed by atoms with Gasteiger partial charge >= 0.3 is 0 Å². The Morgan fingerprint density at radius 3 is 1.83 bits per heavy atom. The molecule has 0 unspecified atom stereocenters. The highest BCUT2D eigenvalue weighted by Gasteiger charge is 2.29. The number of hydrogen-bond acceptors (Lipinski definition) is 4. The van der Waals surface area contributed by atoms with Crippen molar-refractivity contribution in [1.29, 1.82) is 0 Å². The Kier molecular flexibility index (Phi) is 7.35. The number of nitrogens with zero attached hydrogens (tertiary/aromatic N) is 1. The van der Waals surface area contributed by atoms with Gasteiger partial charge in [0.05, 0.1) is 14.2 Å². The summed E-state index contributed by atoms with van der Waals surface area (Å²) in [5, 5.41) is 0. The van der Waals surface area contributed by atoms with Crippen LogP contribution >= 0.6 is 15.9 Å². The second kappa shape index (κ2) is 8.35. The predicted octanol–water partition coefficient (Wildman–Crippen LogP) is 3.77. The van der Waals surface area contributed by atoms with E-state index in [1.807, 2.05) is 27.7 Å². The topological polar surface area (TPSA) is 55.8 Å². The molecular weight excluding hydrogens is 382 g/mol. The molecule has 0 aliphatic carbocycles. The van der Waals surface area contributed by atoms with Gasteiger partial charge in [-0.1, -0.05) is 27.7 Å². The van der Waals surface area contributed by atoms with E-state index in [0.717, 1.165) is 0 Å². The summed E-state index contributed by atoms with van der Waals surface area (Å²) in [5.41, 5.74) is 0. The van der Waals surface area contributed by atoms with Gasteiger partial charge in [0.2, 0.25) is 10.0 Å². The summed E-state index contributed by atoms with van der Waals surface area (Å²) < 4.78 is 38.6. The minimum Gasteiger partial charge on any atom is -0.493 e. The fourth-order valence-electron chi connectivity index (χ4n) is 2.26. The molecule has 0 heterocycles. The standard InChI is InChI=1S/C16H26BrNO4S/c1-11(2)9-18(10-12(3)4)23(19,20)16-8-15(22-6)14(21-5)7-13(16)17/h7-8,11-12H,9-10H2,1-6H3. The van der Waals surface area contributed by atoms with E-state index in [2.05, 4.69) is 15.9 Å². The highest BCUT2D eigenvalue weighted by molar-refractivity contribution is 9.10. The van der Waals surface area contributed by atoms with Crippen molar-refractivity contribution < 1.29 is 17.9 Å². The Morgan fingerprint density at radius 1 is 1.00 bits per heavy atom. The second-order valence-corrected chi connectivity index (χ2v) is 9.01. The first-order valence-electron chi connectivity index (χ1n) is 7.55. The van der Waals surface area contributed by atoms with Gasteiger partial charge in [0.15, 0.2) is 11.5 Å². The van der Waals surface area contributed by atoms with Crippen molar-refractivity contribution in [2.24, 2.45) is 11.8 Å². The predicted molar refractivity (Wildman–Crippen MR) is 95.7 cm³/mol. The molecule has 0 N–H and O–H groups in total. The quantitative estimate of drug-likeness (QED) is 0.657.